The molecule has 0 radical (unpaired) electrons. The molecule has 0 saturated carbocycles. The van der Waals surface area contributed by atoms with Crippen LogP contribution < -0.4 is 4.74 Å². The van der Waals surface area contributed by atoms with E-state index < -0.39 is 9.73 Å². The number of nitrogens with zero attached hydrogens (tertiary/aromatic N) is 1. The summed E-state index contributed by atoms with van der Waals surface area (Å²) in [4.78, 5) is 0. The fraction of sp³-hybridized carbons (Fsp3) is 0.538. The van der Waals surface area contributed by atoms with Crippen LogP contribution in [0.3, 0.4) is 0 Å². The lowest BCUT2D eigenvalue weighted by Gasteiger charge is -2.04. The summed E-state index contributed by atoms with van der Waals surface area (Å²) in [6.45, 7) is 1.41. The molecule has 0 bridgehead atoms. The Kier molecular flexibility index (Phi) is 3.26. The summed E-state index contributed by atoms with van der Waals surface area (Å²) in [5.41, 5.74) is 0.789. The summed E-state index contributed by atoms with van der Waals surface area (Å²) in [6.07, 6.45) is 2.33. The van der Waals surface area contributed by atoms with Crippen molar-refractivity contribution < 1.29 is 13.7 Å². The monoisotopic (exact) mass is 267 g/mol. The van der Waals surface area contributed by atoms with Gasteiger partial charge in [0.05, 0.1) is 22.0 Å². The predicted octanol–water partition coefficient (Wildman–Crippen LogP) is 2.36. The summed E-state index contributed by atoms with van der Waals surface area (Å²) in [5.74, 6) is 2.29. The molecule has 4 nitrogen and oxygen atoms in total. The highest BCUT2D eigenvalue weighted by molar-refractivity contribution is 7.93. The van der Waals surface area contributed by atoms with E-state index >= 15 is 0 Å². The van der Waals surface area contributed by atoms with Crippen LogP contribution in [0.15, 0.2) is 28.6 Å². The maximum atomic E-state index is 12.2. The number of epoxide rings is 1. The fourth-order valence-electron chi connectivity index (χ4n) is 2.00. The van der Waals surface area contributed by atoms with Gasteiger partial charge in [-0.05, 0) is 37.1 Å². The molecule has 98 valence electrons. The molecule has 2 fully saturated rings. The lowest BCUT2D eigenvalue weighted by atomic mass is 10.3. The van der Waals surface area contributed by atoms with Gasteiger partial charge in [0.25, 0.3) is 0 Å². The number of ether oxygens (including phenoxy) is 2. The summed E-state index contributed by atoms with van der Waals surface area (Å²) in [7, 11) is -1.97. The third-order valence-corrected chi connectivity index (χ3v) is 5.52. The molecule has 5 heteroatoms. The Morgan fingerprint density at radius 2 is 1.94 bits per heavy atom. The first-order valence-electron chi connectivity index (χ1n) is 6.31. The normalized spacial score (nSPS) is 24.8. The predicted molar refractivity (Wildman–Crippen MR) is 70.9 cm³/mol. The summed E-state index contributed by atoms with van der Waals surface area (Å²) < 4.78 is 27.3. The van der Waals surface area contributed by atoms with E-state index in [9.17, 15) is 4.21 Å². The lowest BCUT2D eigenvalue weighted by Crippen LogP contribution is -2.03. The molecule has 18 heavy (non-hydrogen) atoms. The first-order chi connectivity index (χ1) is 8.73. The number of hydrogen-bond acceptors (Lipinski definition) is 4. The second-order valence-corrected chi connectivity index (χ2v) is 7.28. The van der Waals surface area contributed by atoms with Gasteiger partial charge in [-0.25, -0.2) is 4.21 Å². The van der Waals surface area contributed by atoms with E-state index in [2.05, 4.69) is 4.36 Å². The van der Waals surface area contributed by atoms with Crippen LogP contribution >= 0.6 is 0 Å². The molecular formula is C13H17NO3S. The third kappa shape index (κ3) is 3.03. The molecular weight excluding hydrogens is 250 g/mol. The molecule has 1 unspecified atom stereocenters. The average molecular weight is 267 g/mol. The van der Waals surface area contributed by atoms with E-state index in [-0.39, 0.29) is 6.10 Å². The van der Waals surface area contributed by atoms with Crippen molar-refractivity contribution in [3.63, 3.8) is 0 Å². The Morgan fingerprint density at radius 3 is 2.56 bits per heavy atom. The van der Waals surface area contributed by atoms with Gasteiger partial charge in [0, 0.05) is 11.5 Å². The van der Waals surface area contributed by atoms with Crippen LogP contribution in [0, 0.1) is 0 Å². The van der Waals surface area contributed by atoms with Gasteiger partial charge in [0.2, 0.25) is 0 Å². The van der Waals surface area contributed by atoms with E-state index in [0.29, 0.717) is 6.61 Å². The standard InChI is InChI=1S/C13H17NO3S/c15-18(7-1-2-8-18)14-11-3-5-12(6-4-11)16-9-13-10-17-13/h3-6,13H,1-2,7-10H2. The molecule has 2 aliphatic heterocycles. The number of rotatable bonds is 4. The van der Waals surface area contributed by atoms with Gasteiger partial charge in [-0.2, -0.15) is 4.36 Å². The Bertz CT molecular complexity index is 516. The third-order valence-electron chi connectivity index (χ3n) is 3.12. The highest BCUT2D eigenvalue weighted by Gasteiger charge is 2.23. The van der Waals surface area contributed by atoms with Crippen LogP contribution in [0.25, 0.3) is 0 Å². The van der Waals surface area contributed by atoms with Crippen molar-refractivity contribution in [1.82, 2.24) is 0 Å². The van der Waals surface area contributed by atoms with Crippen LogP contribution in [0.4, 0.5) is 5.69 Å². The molecule has 1 aromatic carbocycles. The van der Waals surface area contributed by atoms with E-state index in [1.54, 1.807) is 0 Å². The van der Waals surface area contributed by atoms with Crippen molar-refractivity contribution in [2.75, 3.05) is 24.7 Å². The van der Waals surface area contributed by atoms with E-state index in [4.69, 9.17) is 9.47 Å². The molecule has 2 heterocycles. The van der Waals surface area contributed by atoms with Crippen LogP contribution in [-0.4, -0.2) is 35.0 Å². The van der Waals surface area contributed by atoms with Crippen molar-refractivity contribution in [2.24, 2.45) is 4.36 Å². The molecule has 0 aromatic heterocycles. The van der Waals surface area contributed by atoms with Crippen LogP contribution in [0.5, 0.6) is 5.75 Å². The van der Waals surface area contributed by atoms with Gasteiger partial charge in [0.15, 0.2) is 0 Å². The second-order valence-electron chi connectivity index (χ2n) is 4.74. The van der Waals surface area contributed by atoms with Crippen LogP contribution in [-0.2, 0) is 14.5 Å². The minimum atomic E-state index is -1.97. The van der Waals surface area contributed by atoms with Crippen LogP contribution in [0.1, 0.15) is 12.8 Å². The summed E-state index contributed by atoms with van der Waals surface area (Å²) >= 11 is 0. The maximum absolute atomic E-state index is 12.2. The van der Waals surface area contributed by atoms with Gasteiger partial charge in [0.1, 0.15) is 18.5 Å². The van der Waals surface area contributed by atoms with Crippen molar-refractivity contribution in [3.05, 3.63) is 24.3 Å². The van der Waals surface area contributed by atoms with Gasteiger partial charge < -0.3 is 9.47 Å². The first kappa shape index (κ1) is 12.0. The average Bonchev–Trinajstić information content (AvgIpc) is 3.11. The molecule has 3 rings (SSSR count). The van der Waals surface area contributed by atoms with E-state index in [1.807, 2.05) is 24.3 Å². The Morgan fingerprint density at radius 1 is 1.28 bits per heavy atom. The highest BCUT2D eigenvalue weighted by Crippen LogP contribution is 2.23. The second kappa shape index (κ2) is 4.90. The van der Waals surface area contributed by atoms with Crippen molar-refractivity contribution >= 4 is 15.4 Å². The zero-order valence-electron chi connectivity index (χ0n) is 10.2. The molecule has 0 N–H and O–H groups in total. The Hall–Kier alpha value is -1.07. The maximum Gasteiger partial charge on any atom is 0.119 e. The van der Waals surface area contributed by atoms with Crippen LogP contribution in [0.2, 0.25) is 0 Å². The topological polar surface area (TPSA) is 51.2 Å². The van der Waals surface area contributed by atoms with Gasteiger partial charge in [-0.3, -0.25) is 0 Å². The highest BCUT2D eigenvalue weighted by atomic mass is 32.2. The number of benzene rings is 1. The minimum absolute atomic E-state index is 0.266. The fourth-order valence-corrected chi connectivity index (χ4v) is 4.20. The van der Waals surface area contributed by atoms with E-state index in [0.717, 1.165) is 42.4 Å². The smallest absolute Gasteiger partial charge is 0.119 e. The van der Waals surface area contributed by atoms with Crippen molar-refractivity contribution in [2.45, 2.75) is 18.9 Å². The summed E-state index contributed by atoms with van der Waals surface area (Å²) in [5, 5.41) is 0. The molecule has 1 atom stereocenters. The zero-order chi connectivity index (χ0) is 12.4. The van der Waals surface area contributed by atoms with Gasteiger partial charge >= 0.3 is 0 Å². The van der Waals surface area contributed by atoms with Gasteiger partial charge in [-0.15, -0.1) is 0 Å². The summed E-state index contributed by atoms with van der Waals surface area (Å²) in [6, 6.07) is 7.49. The Labute approximate surface area is 107 Å². The number of hydrogen-bond donors (Lipinski definition) is 0. The molecule has 1 aromatic rings. The Balaban J connectivity index is 1.68. The SMILES string of the molecule is O=S1(=Nc2ccc(OCC3CO3)cc2)CCCC1. The van der Waals surface area contributed by atoms with Gasteiger partial charge in [-0.1, -0.05) is 0 Å². The quantitative estimate of drug-likeness (QED) is 0.787. The largest absolute Gasteiger partial charge is 0.491 e. The van der Waals surface area contributed by atoms with E-state index in [1.165, 1.54) is 0 Å². The zero-order valence-corrected chi connectivity index (χ0v) is 11.0. The molecule has 0 amide bonds. The lowest BCUT2D eigenvalue weighted by molar-refractivity contribution is 0.263. The molecule has 0 spiro atoms. The minimum Gasteiger partial charge on any atom is -0.491 e. The van der Waals surface area contributed by atoms with Crippen molar-refractivity contribution in [1.29, 1.82) is 0 Å². The molecule has 2 aliphatic rings. The van der Waals surface area contributed by atoms with Crippen molar-refractivity contribution in [3.8, 4) is 5.75 Å². The molecule has 0 aliphatic carbocycles. The molecule has 2 saturated heterocycles. The first-order valence-corrected chi connectivity index (χ1v) is 8.16.